The number of rotatable bonds is 4. The van der Waals surface area contributed by atoms with E-state index < -0.39 is 0 Å². The lowest BCUT2D eigenvalue weighted by Gasteiger charge is -2.56. The van der Waals surface area contributed by atoms with Gasteiger partial charge in [-0.15, -0.1) is 10.2 Å². The van der Waals surface area contributed by atoms with Crippen molar-refractivity contribution in [3.8, 4) is 10.6 Å². The maximum absolute atomic E-state index is 12.9. The van der Waals surface area contributed by atoms with Gasteiger partial charge in [0.05, 0.1) is 0 Å². The summed E-state index contributed by atoms with van der Waals surface area (Å²) < 4.78 is 1.76. The van der Waals surface area contributed by atoms with Crippen LogP contribution in [0.3, 0.4) is 0 Å². The Morgan fingerprint density at radius 1 is 1.15 bits per heavy atom. The maximum atomic E-state index is 12.9. The van der Waals surface area contributed by atoms with Crippen molar-refractivity contribution >= 4 is 45.2 Å². The van der Waals surface area contributed by atoms with E-state index in [1.165, 1.54) is 49.9 Å². The molecule has 1 amide bonds. The van der Waals surface area contributed by atoms with E-state index in [4.69, 9.17) is 12.2 Å². The molecule has 0 spiro atoms. The molecule has 4 aliphatic carbocycles. The lowest BCUT2D eigenvalue weighted by atomic mass is 9.49. The van der Waals surface area contributed by atoms with Gasteiger partial charge in [0.1, 0.15) is 5.01 Å². The van der Waals surface area contributed by atoms with Crippen molar-refractivity contribution in [1.29, 1.82) is 0 Å². The normalized spacial score (nSPS) is 27.8. The Labute approximate surface area is 202 Å². The van der Waals surface area contributed by atoms with Gasteiger partial charge >= 0.3 is 0 Å². The Morgan fingerprint density at radius 2 is 1.85 bits per heavy atom. The van der Waals surface area contributed by atoms with Crippen LogP contribution in [-0.4, -0.2) is 30.8 Å². The van der Waals surface area contributed by atoms with Crippen molar-refractivity contribution in [2.45, 2.75) is 58.8 Å². The van der Waals surface area contributed by atoms with E-state index in [-0.39, 0.29) is 11.3 Å². The van der Waals surface area contributed by atoms with E-state index in [9.17, 15) is 4.79 Å². The molecule has 4 fully saturated rings. The van der Waals surface area contributed by atoms with Crippen LogP contribution in [0.2, 0.25) is 0 Å². The van der Waals surface area contributed by atoms with E-state index >= 15 is 0 Å². The van der Waals surface area contributed by atoms with Crippen LogP contribution in [0.1, 0.15) is 56.3 Å². The number of aromatic nitrogens is 4. The predicted octanol–water partition coefficient (Wildman–Crippen LogP) is 4.89. The number of nitrogens with zero attached hydrogens (tertiary/aromatic N) is 4. The summed E-state index contributed by atoms with van der Waals surface area (Å²) in [4.78, 5) is 13.7. The zero-order valence-corrected chi connectivity index (χ0v) is 20.6. The molecule has 0 unspecified atom stereocenters. The second kappa shape index (κ2) is 7.84. The first-order valence-corrected chi connectivity index (χ1v) is 13.0. The zero-order chi connectivity index (χ0) is 22.7. The van der Waals surface area contributed by atoms with Crippen LogP contribution in [0, 0.1) is 37.0 Å². The average Bonchev–Trinajstić information content (AvgIpc) is 3.30. The molecule has 0 radical (unpaired) electrons. The summed E-state index contributed by atoms with van der Waals surface area (Å²) in [6, 6.07) is 6.07. The molecule has 3 aromatic rings. The van der Waals surface area contributed by atoms with Crippen molar-refractivity contribution < 1.29 is 4.79 Å². The summed E-state index contributed by atoms with van der Waals surface area (Å²) in [6.07, 6.45) is 8.45. The molecule has 2 aromatic heterocycles. The third kappa shape index (κ3) is 3.95. The van der Waals surface area contributed by atoms with Crippen LogP contribution in [0.15, 0.2) is 18.2 Å². The molecule has 0 saturated heterocycles. The molecule has 0 aliphatic heterocycles. The molecule has 4 saturated carbocycles. The summed E-state index contributed by atoms with van der Waals surface area (Å²) in [6.45, 7) is 3.91. The number of amides is 1. The fourth-order valence-corrected chi connectivity index (χ4v) is 8.04. The summed E-state index contributed by atoms with van der Waals surface area (Å²) in [5.74, 6) is 3.36. The second-order valence-corrected chi connectivity index (χ2v) is 11.8. The fraction of sp³-hybridized carbons (Fsp3) is 0.542. The molecule has 4 aliphatic rings. The lowest BCUT2D eigenvalue weighted by Crippen LogP contribution is -2.48. The number of anilines is 1. The van der Waals surface area contributed by atoms with Crippen molar-refractivity contribution in [2.24, 2.45) is 23.2 Å². The molecule has 172 valence electrons. The minimum absolute atomic E-state index is 0.0545. The Bertz CT molecular complexity index is 1230. The Kier molecular flexibility index (Phi) is 5.03. The number of benzene rings is 1. The van der Waals surface area contributed by atoms with E-state index in [1.807, 2.05) is 26.0 Å². The van der Waals surface area contributed by atoms with Gasteiger partial charge in [-0.25, -0.2) is 0 Å². The van der Waals surface area contributed by atoms with Crippen molar-refractivity contribution in [2.75, 3.05) is 5.32 Å². The predicted molar refractivity (Wildman–Crippen MR) is 133 cm³/mol. The standard InChI is InChI=1S/C24H28N6OS2/c1-13-5-18(21-29-30-14(2)27-28-23(30)33-21)3-4-19(13)25-22(32)26-20(31)12-24-9-15-6-16(10-24)8-17(7-15)11-24/h3-5,15-17H,6-12H2,1-2H3,(H2,25,26,31,32). The number of nitrogens with one attached hydrogen (secondary N) is 2. The van der Waals surface area contributed by atoms with Crippen LogP contribution in [0.5, 0.6) is 0 Å². The van der Waals surface area contributed by atoms with E-state index in [0.29, 0.717) is 11.5 Å². The molecular formula is C24H28N6OS2. The summed E-state index contributed by atoms with van der Waals surface area (Å²) in [7, 11) is 0. The topological polar surface area (TPSA) is 84.2 Å². The van der Waals surface area contributed by atoms with Crippen molar-refractivity contribution in [3.63, 3.8) is 0 Å². The van der Waals surface area contributed by atoms with Gasteiger partial charge in [-0.3, -0.25) is 4.79 Å². The monoisotopic (exact) mass is 480 g/mol. The molecule has 7 rings (SSSR count). The van der Waals surface area contributed by atoms with Crippen molar-refractivity contribution in [3.05, 3.63) is 29.6 Å². The van der Waals surface area contributed by atoms with E-state index in [0.717, 1.165) is 50.4 Å². The van der Waals surface area contributed by atoms with Crippen LogP contribution in [0.4, 0.5) is 5.69 Å². The van der Waals surface area contributed by atoms with E-state index in [1.54, 1.807) is 4.52 Å². The van der Waals surface area contributed by atoms with Crippen LogP contribution in [-0.2, 0) is 4.79 Å². The summed E-state index contributed by atoms with van der Waals surface area (Å²) in [5, 5.41) is 20.2. The molecule has 4 bridgehead atoms. The molecule has 7 nitrogen and oxygen atoms in total. The third-order valence-electron chi connectivity index (χ3n) is 7.82. The summed E-state index contributed by atoms with van der Waals surface area (Å²) in [5.41, 5.74) is 3.16. The van der Waals surface area contributed by atoms with Gasteiger partial charge in [-0.2, -0.15) is 9.61 Å². The van der Waals surface area contributed by atoms with Gasteiger partial charge in [-0.05, 0) is 112 Å². The highest BCUT2D eigenvalue weighted by Gasteiger charge is 2.51. The minimum atomic E-state index is 0.0545. The maximum Gasteiger partial charge on any atom is 0.234 e. The van der Waals surface area contributed by atoms with Crippen molar-refractivity contribution in [1.82, 2.24) is 25.1 Å². The second-order valence-electron chi connectivity index (χ2n) is 10.5. The molecular weight excluding hydrogens is 452 g/mol. The number of carbonyl (C=O) groups is 1. The highest BCUT2D eigenvalue weighted by Crippen LogP contribution is 2.61. The third-order valence-corrected chi connectivity index (χ3v) is 8.97. The van der Waals surface area contributed by atoms with Gasteiger partial charge in [0.15, 0.2) is 10.9 Å². The zero-order valence-electron chi connectivity index (χ0n) is 18.9. The Morgan fingerprint density at radius 3 is 2.48 bits per heavy atom. The van der Waals surface area contributed by atoms with Crippen LogP contribution >= 0.6 is 23.6 Å². The molecule has 33 heavy (non-hydrogen) atoms. The smallest absolute Gasteiger partial charge is 0.234 e. The SMILES string of the molecule is Cc1cc(-c2nn3c(C)nnc3s2)ccc1NC(=S)NC(=O)CC12CC3CC(CC(C3)C1)C2. The average molecular weight is 481 g/mol. The van der Waals surface area contributed by atoms with Crippen LogP contribution in [0.25, 0.3) is 15.5 Å². The highest BCUT2D eigenvalue weighted by molar-refractivity contribution is 7.80. The largest absolute Gasteiger partial charge is 0.332 e. The molecule has 0 atom stereocenters. The first kappa shape index (κ1) is 21.2. The van der Waals surface area contributed by atoms with Gasteiger partial charge in [0, 0.05) is 17.7 Å². The first-order chi connectivity index (χ1) is 15.9. The fourth-order valence-electron chi connectivity index (χ4n) is 6.94. The van der Waals surface area contributed by atoms with Crippen LogP contribution < -0.4 is 10.6 Å². The molecule has 2 heterocycles. The van der Waals surface area contributed by atoms with Gasteiger partial charge in [0.25, 0.3) is 0 Å². The number of aryl methyl sites for hydroxylation is 2. The first-order valence-electron chi connectivity index (χ1n) is 11.8. The Balaban J connectivity index is 1.10. The van der Waals surface area contributed by atoms with Gasteiger partial charge in [-0.1, -0.05) is 11.3 Å². The number of carbonyl (C=O) groups excluding carboxylic acids is 1. The molecule has 1 aromatic carbocycles. The molecule has 2 N–H and O–H groups in total. The van der Waals surface area contributed by atoms with Gasteiger partial charge in [0.2, 0.25) is 10.9 Å². The number of fused-ring (bicyclic) bond motifs is 1. The number of hydrogen-bond acceptors (Lipinski definition) is 6. The Hall–Kier alpha value is -2.39. The quantitative estimate of drug-likeness (QED) is 0.517. The molecule has 9 heteroatoms. The van der Waals surface area contributed by atoms with Gasteiger partial charge < -0.3 is 10.6 Å². The number of hydrogen-bond donors (Lipinski definition) is 2. The highest BCUT2D eigenvalue weighted by atomic mass is 32.1. The summed E-state index contributed by atoms with van der Waals surface area (Å²) >= 11 is 6.99. The lowest BCUT2D eigenvalue weighted by molar-refractivity contribution is -0.127. The number of thiocarbonyl (C=S) groups is 1. The minimum Gasteiger partial charge on any atom is -0.332 e. The van der Waals surface area contributed by atoms with E-state index in [2.05, 4.69) is 32.0 Å².